The molecule has 104 valence electrons. The van der Waals surface area contributed by atoms with Crippen molar-refractivity contribution in [1.82, 2.24) is 0 Å². The highest BCUT2D eigenvalue weighted by Gasteiger charge is 2.19. The molecule has 1 aliphatic rings. The lowest BCUT2D eigenvalue weighted by atomic mass is 9.95. The first-order valence-electron chi connectivity index (χ1n) is 7.03. The van der Waals surface area contributed by atoms with E-state index in [4.69, 9.17) is 4.74 Å². The minimum Gasteiger partial charge on any atom is -0.462 e. The van der Waals surface area contributed by atoms with E-state index in [1.54, 1.807) is 0 Å². The SMILES string of the molecule is CC(C)[C@H]1CC=CC[C@H](C)[C@@H](O)CCCC(=O)O1. The summed E-state index contributed by atoms with van der Waals surface area (Å²) in [6.45, 7) is 6.20. The summed E-state index contributed by atoms with van der Waals surface area (Å²) in [6, 6.07) is 0. The first-order chi connectivity index (χ1) is 8.50. The zero-order chi connectivity index (χ0) is 13.5. The number of aliphatic hydroxyl groups is 1. The van der Waals surface area contributed by atoms with Gasteiger partial charge in [0.1, 0.15) is 6.10 Å². The zero-order valence-electron chi connectivity index (χ0n) is 11.8. The quantitative estimate of drug-likeness (QED) is 0.578. The van der Waals surface area contributed by atoms with Crippen LogP contribution >= 0.6 is 0 Å². The smallest absolute Gasteiger partial charge is 0.306 e. The maximum atomic E-state index is 11.7. The summed E-state index contributed by atoms with van der Waals surface area (Å²) >= 11 is 0. The number of esters is 1. The monoisotopic (exact) mass is 254 g/mol. The second kappa shape index (κ2) is 7.57. The highest BCUT2D eigenvalue weighted by atomic mass is 16.5. The maximum absolute atomic E-state index is 11.7. The third-order valence-electron chi connectivity index (χ3n) is 3.61. The van der Waals surface area contributed by atoms with Crippen LogP contribution < -0.4 is 0 Å². The number of hydrogen-bond acceptors (Lipinski definition) is 3. The van der Waals surface area contributed by atoms with Crippen LogP contribution in [0.15, 0.2) is 12.2 Å². The standard InChI is InChI=1S/C15H26O3/c1-11(2)14-9-5-4-7-12(3)13(16)8-6-10-15(17)18-14/h4-5,11-14,16H,6-10H2,1-3H3/t12-,13-,14+/m0/s1. The lowest BCUT2D eigenvalue weighted by Gasteiger charge is -2.22. The van der Waals surface area contributed by atoms with Crippen molar-refractivity contribution in [2.24, 2.45) is 11.8 Å². The summed E-state index contributed by atoms with van der Waals surface area (Å²) in [5, 5.41) is 9.90. The molecule has 18 heavy (non-hydrogen) atoms. The average molecular weight is 254 g/mol. The Morgan fingerprint density at radius 1 is 1.33 bits per heavy atom. The number of hydrogen-bond donors (Lipinski definition) is 1. The third-order valence-corrected chi connectivity index (χ3v) is 3.61. The second-order valence-corrected chi connectivity index (χ2v) is 5.65. The van der Waals surface area contributed by atoms with Gasteiger partial charge in [-0.15, -0.1) is 0 Å². The number of allylic oxidation sites excluding steroid dienone is 1. The van der Waals surface area contributed by atoms with Crippen LogP contribution in [0, 0.1) is 11.8 Å². The van der Waals surface area contributed by atoms with Crippen LogP contribution in [0.3, 0.4) is 0 Å². The Balaban J connectivity index is 2.64. The zero-order valence-corrected chi connectivity index (χ0v) is 11.8. The van der Waals surface area contributed by atoms with Gasteiger partial charge in [-0.25, -0.2) is 0 Å². The van der Waals surface area contributed by atoms with E-state index in [0.29, 0.717) is 25.2 Å². The molecule has 3 atom stereocenters. The van der Waals surface area contributed by atoms with E-state index in [1.165, 1.54) is 0 Å². The van der Waals surface area contributed by atoms with Gasteiger partial charge >= 0.3 is 5.97 Å². The first-order valence-corrected chi connectivity index (χ1v) is 7.03. The number of carbonyl (C=O) groups excluding carboxylic acids is 1. The van der Waals surface area contributed by atoms with E-state index in [9.17, 15) is 9.90 Å². The molecule has 0 aromatic heterocycles. The number of rotatable bonds is 1. The highest BCUT2D eigenvalue weighted by Crippen LogP contribution is 2.19. The summed E-state index contributed by atoms with van der Waals surface area (Å²) in [5.74, 6) is 0.460. The Kier molecular flexibility index (Phi) is 6.41. The minimum atomic E-state index is -0.317. The molecule has 0 amide bonds. The predicted molar refractivity (Wildman–Crippen MR) is 72.1 cm³/mol. The molecule has 0 aliphatic carbocycles. The van der Waals surface area contributed by atoms with Crippen molar-refractivity contribution in [3.8, 4) is 0 Å². The van der Waals surface area contributed by atoms with Crippen LogP contribution in [0.1, 0.15) is 52.9 Å². The Bertz CT molecular complexity index is 283. The van der Waals surface area contributed by atoms with E-state index in [2.05, 4.69) is 32.9 Å². The normalized spacial score (nSPS) is 31.6. The average Bonchev–Trinajstić information content (AvgIpc) is 2.30. The van der Waals surface area contributed by atoms with Crippen molar-refractivity contribution in [2.75, 3.05) is 0 Å². The van der Waals surface area contributed by atoms with Gasteiger partial charge in [0.25, 0.3) is 0 Å². The van der Waals surface area contributed by atoms with Crippen molar-refractivity contribution >= 4 is 5.97 Å². The summed E-state index contributed by atoms with van der Waals surface area (Å²) in [7, 11) is 0. The summed E-state index contributed by atoms with van der Waals surface area (Å²) in [6.07, 6.45) is 7.29. The molecule has 0 aromatic rings. The Hall–Kier alpha value is -0.830. The van der Waals surface area contributed by atoms with Gasteiger partial charge in [0, 0.05) is 12.8 Å². The molecule has 3 heteroatoms. The Morgan fingerprint density at radius 3 is 2.67 bits per heavy atom. The fourth-order valence-electron chi connectivity index (χ4n) is 2.12. The molecule has 0 spiro atoms. The van der Waals surface area contributed by atoms with E-state index in [0.717, 1.165) is 12.8 Å². The molecular formula is C15H26O3. The molecule has 1 rings (SSSR count). The van der Waals surface area contributed by atoms with Crippen LogP contribution in [-0.4, -0.2) is 23.3 Å². The van der Waals surface area contributed by atoms with Crippen molar-refractivity contribution in [3.05, 3.63) is 12.2 Å². The van der Waals surface area contributed by atoms with Crippen molar-refractivity contribution in [3.63, 3.8) is 0 Å². The van der Waals surface area contributed by atoms with Crippen molar-refractivity contribution in [1.29, 1.82) is 0 Å². The molecule has 0 saturated carbocycles. The van der Waals surface area contributed by atoms with Crippen molar-refractivity contribution in [2.45, 2.75) is 65.1 Å². The van der Waals surface area contributed by atoms with E-state index < -0.39 is 0 Å². The fraction of sp³-hybridized carbons (Fsp3) is 0.800. The van der Waals surface area contributed by atoms with Crippen LogP contribution in [-0.2, 0) is 9.53 Å². The van der Waals surface area contributed by atoms with E-state index >= 15 is 0 Å². The van der Waals surface area contributed by atoms with Gasteiger partial charge in [0.05, 0.1) is 6.10 Å². The predicted octanol–water partition coefficient (Wildman–Crippen LogP) is 3.07. The molecule has 0 aromatic carbocycles. The van der Waals surface area contributed by atoms with Gasteiger partial charge in [-0.2, -0.15) is 0 Å². The Labute approximate surface area is 110 Å². The summed E-state index contributed by atoms with van der Waals surface area (Å²) in [5.41, 5.74) is 0. The van der Waals surface area contributed by atoms with Gasteiger partial charge in [-0.1, -0.05) is 32.9 Å². The topological polar surface area (TPSA) is 46.5 Å². The van der Waals surface area contributed by atoms with Gasteiger partial charge in [0.15, 0.2) is 0 Å². The molecule has 1 heterocycles. The first kappa shape index (κ1) is 15.2. The van der Waals surface area contributed by atoms with Crippen LogP contribution in [0.4, 0.5) is 0 Å². The van der Waals surface area contributed by atoms with Crippen molar-refractivity contribution < 1.29 is 14.6 Å². The molecular weight excluding hydrogens is 228 g/mol. The number of ether oxygens (including phenoxy) is 1. The van der Waals surface area contributed by atoms with Gasteiger partial charge < -0.3 is 9.84 Å². The largest absolute Gasteiger partial charge is 0.462 e. The maximum Gasteiger partial charge on any atom is 0.306 e. The minimum absolute atomic E-state index is 0.0200. The third kappa shape index (κ3) is 5.21. The van der Waals surface area contributed by atoms with Gasteiger partial charge in [-0.05, 0) is 31.1 Å². The number of aliphatic hydroxyl groups excluding tert-OH is 1. The molecule has 0 bridgehead atoms. The molecule has 1 aliphatic heterocycles. The second-order valence-electron chi connectivity index (χ2n) is 5.65. The Morgan fingerprint density at radius 2 is 2.00 bits per heavy atom. The lowest BCUT2D eigenvalue weighted by molar-refractivity contribution is -0.151. The molecule has 3 nitrogen and oxygen atoms in total. The fourth-order valence-corrected chi connectivity index (χ4v) is 2.12. The molecule has 0 fully saturated rings. The lowest BCUT2D eigenvalue weighted by Crippen LogP contribution is -2.24. The highest BCUT2D eigenvalue weighted by molar-refractivity contribution is 5.69. The van der Waals surface area contributed by atoms with Crippen LogP contribution in [0.5, 0.6) is 0 Å². The van der Waals surface area contributed by atoms with Gasteiger partial charge in [-0.3, -0.25) is 4.79 Å². The molecule has 0 radical (unpaired) electrons. The molecule has 0 unspecified atom stereocenters. The van der Waals surface area contributed by atoms with Crippen LogP contribution in [0.25, 0.3) is 0 Å². The summed E-state index contributed by atoms with van der Waals surface area (Å²) < 4.78 is 5.47. The van der Waals surface area contributed by atoms with E-state index in [1.807, 2.05) is 0 Å². The molecule has 1 N–H and O–H groups in total. The number of cyclic esters (lactones) is 1. The number of carbonyl (C=O) groups is 1. The van der Waals surface area contributed by atoms with Gasteiger partial charge in [0.2, 0.25) is 0 Å². The molecule has 0 saturated heterocycles. The van der Waals surface area contributed by atoms with Crippen LogP contribution in [0.2, 0.25) is 0 Å². The summed E-state index contributed by atoms with van der Waals surface area (Å²) in [4.78, 5) is 11.7. The van der Waals surface area contributed by atoms with E-state index in [-0.39, 0.29) is 24.1 Å².